The van der Waals surface area contributed by atoms with Crippen LogP contribution >= 0.6 is 0 Å². The Labute approximate surface area is 210 Å². The molecular formula is C25H24F2N8O2. The van der Waals surface area contributed by atoms with Gasteiger partial charge in [-0.05, 0) is 17.7 Å². The Morgan fingerprint density at radius 2 is 1.92 bits per heavy atom. The van der Waals surface area contributed by atoms with Gasteiger partial charge in [-0.25, -0.2) is 18.3 Å². The highest BCUT2D eigenvalue weighted by Gasteiger charge is 2.24. The second-order valence-corrected chi connectivity index (χ2v) is 9.64. The molecule has 0 atom stereocenters. The molecule has 0 aliphatic heterocycles. The molecule has 0 spiro atoms. The maximum atomic E-state index is 14.0. The Morgan fingerprint density at radius 1 is 1.11 bits per heavy atom. The van der Waals surface area contributed by atoms with Gasteiger partial charge in [0.1, 0.15) is 6.33 Å². The fourth-order valence-corrected chi connectivity index (χ4v) is 3.86. The molecule has 37 heavy (non-hydrogen) atoms. The molecule has 0 saturated heterocycles. The molecule has 12 heteroatoms. The molecule has 0 unspecified atom stereocenters. The molecule has 5 rings (SSSR count). The molecule has 1 aromatic carbocycles. The van der Waals surface area contributed by atoms with Crippen molar-refractivity contribution in [3.05, 3.63) is 72.0 Å². The number of hydrogen-bond donors (Lipinski definition) is 1. The van der Waals surface area contributed by atoms with Crippen LogP contribution in [-0.4, -0.2) is 40.4 Å². The third-order valence-electron chi connectivity index (χ3n) is 5.83. The zero-order valence-corrected chi connectivity index (χ0v) is 20.6. The summed E-state index contributed by atoms with van der Waals surface area (Å²) < 4.78 is 36.5. The Hall–Kier alpha value is -4.48. The van der Waals surface area contributed by atoms with Crippen LogP contribution in [-0.2, 0) is 19.0 Å². The summed E-state index contributed by atoms with van der Waals surface area (Å²) in [6, 6.07) is 6.51. The molecule has 1 amide bonds. The molecule has 190 valence electrons. The van der Waals surface area contributed by atoms with E-state index in [2.05, 4.69) is 30.6 Å². The predicted octanol–water partition coefficient (Wildman–Crippen LogP) is 4.34. The number of halogens is 2. The first-order valence-electron chi connectivity index (χ1n) is 11.5. The van der Waals surface area contributed by atoms with Crippen LogP contribution in [0.25, 0.3) is 27.9 Å². The lowest BCUT2D eigenvalue weighted by Crippen LogP contribution is -2.24. The number of hydrogen-bond acceptors (Lipinski definition) is 7. The third kappa shape index (κ3) is 4.82. The number of aryl methyl sites for hydroxylation is 1. The van der Waals surface area contributed by atoms with Crippen molar-refractivity contribution >= 4 is 11.4 Å². The van der Waals surface area contributed by atoms with Crippen molar-refractivity contribution in [3.8, 4) is 22.4 Å². The van der Waals surface area contributed by atoms with Crippen molar-refractivity contribution < 1.29 is 18.1 Å². The topological polar surface area (TPSA) is 116 Å². The summed E-state index contributed by atoms with van der Waals surface area (Å²) in [6.07, 6.45) is 4.05. The summed E-state index contributed by atoms with van der Waals surface area (Å²) in [7, 11) is 1.82. The summed E-state index contributed by atoms with van der Waals surface area (Å²) in [4.78, 5) is 20.9. The number of benzene rings is 1. The minimum Gasteiger partial charge on any atom is -0.344 e. The number of fused-ring (bicyclic) bond motifs is 1. The van der Waals surface area contributed by atoms with Gasteiger partial charge in [0.2, 0.25) is 0 Å². The van der Waals surface area contributed by atoms with Crippen molar-refractivity contribution in [1.29, 1.82) is 0 Å². The van der Waals surface area contributed by atoms with E-state index in [0.717, 1.165) is 11.1 Å². The molecule has 0 radical (unpaired) electrons. The highest BCUT2D eigenvalue weighted by Crippen LogP contribution is 2.32. The van der Waals surface area contributed by atoms with E-state index in [9.17, 15) is 13.6 Å². The van der Waals surface area contributed by atoms with Gasteiger partial charge in [0, 0.05) is 53.7 Å². The summed E-state index contributed by atoms with van der Waals surface area (Å²) in [5.74, 6) is -0.481. The summed E-state index contributed by atoms with van der Waals surface area (Å²) >= 11 is 0. The maximum Gasteiger partial charge on any atom is 0.315 e. The van der Waals surface area contributed by atoms with Crippen molar-refractivity contribution in [3.63, 3.8) is 0 Å². The molecule has 0 bridgehead atoms. The van der Waals surface area contributed by atoms with E-state index in [-0.39, 0.29) is 23.6 Å². The van der Waals surface area contributed by atoms with E-state index in [1.807, 2.05) is 46.3 Å². The second-order valence-electron chi connectivity index (χ2n) is 9.64. The number of nitrogens with zero attached hydrogens (tertiary/aromatic N) is 7. The lowest BCUT2D eigenvalue weighted by Gasteiger charge is -2.12. The average Bonchev–Trinajstić information content (AvgIpc) is 3.60. The van der Waals surface area contributed by atoms with E-state index < -0.39 is 17.7 Å². The summed E-state index contributed by atoms with van der Waals surface area (Å²) in [5, 5.41) is 14.8. The van der Waals surface area contributed by atoms with Gasteiger partial charge in [-0.1, -0.05) is 38.1 Å². The van der Waals surface area contributed by atoms with Crippen LogP contribution in [0.15, 0.2) is 53.7 Å². The number of amides is 1. The normalized spacial score (nSPS) is 12.0. The van der Waals surface area contributed by atoms with Crippen molar-refractivity contribution in [2.75, 3.05) is 0 Å². The minimum atomic E-state index is -2.77. The Bertz CT molecular complexity index is 1600. The van der Waals surface area contributed by atoms with Gasteiger partial charge in [0.25, 0.3) is 6.43 Å². The van der Waals surface area contributed by atoms with E-state index in [0.29, 0.717) is 22.6 Å². The van der Waals surface area contributed by atoms with E-state index in [1.165, 1.54) is 12.4 Å². The van der Waals surface area contributed by atoms with E-state index in [1.54, 1.807) is 27.5 Å². The lowest BCUT2D eigenvalue weighted by molar-refractivity contribution is 0.0905. The minimum absolute atomic E-state index is 0.137. The van der Waals surface area contributed by atoms with Crippen molar-refractivity contribution in [1.82, 2.24) is 39.8 Å². The fourth-order valence-electron chi connectivity index (χ4n) is 3.86. The van der Waals surface area contributed by atoms with Crippen LogP contribution in [0.3, 0.4) is 0 Å². The quantitative estimate of drug-likeness (QED) is 0.364. The molecular weight excluding hydrogens is 482 g/mol. The number of alkyl halides is 2. The van der Waals surface area contributed by atoms with Crippen LogP contribution in [0.2, 0.25) is 0 Å². The zero-order chi connectivity index (χ0) is 26.3. The fraction of sp³-hybridized carbons (Fsp3) is 0.280. The van der Waals surface area contributed by atoms with Crippen molar-refractivity contribution in [2.24, 2.45) is 7.05 Å². The van der Waals surface area contributed by atoms with Crippen LogP contribution in [0.5, 0.6) is 0 Å². The number of nitrogens with one attached hydrogen (secondary N) is 1. The Morgan fingerprint density at radius 3 is 2.59 bits per heavy atom. The third-order valence-corrected chi connectivity index (χ3v) is 5.83. The summed E-state index contributed by atoms with van der Waals surface area (Å²) in [6.45, 7) is 5.51. The van der Waals surface area contributed by atoms with Crippen LogP contribution < -0.4 is 5.32 Å². The van der Waals surface area contributed by atoms with E-state index >= 15 is 0 Å². The molecule has 1 N–H and O–H groups in total. The maximum absolute atomic E-state index is 14.0. The molecule has 0 aliphatic carbocycles. The number of rotatable bonds is 6. The van der Waals surface area contributed by atoms with Gasteiger partial charge in [-0.2, -0.15) is 15.2 Å². The SMILES string of the molecule is Cn1cc(-c2cc3c(-c4ccc(CNC(=O)c5nc(C(C)(C)C)no5)c(C(F)F)c4)ncnn3c2)cn1. The van der Waals surface area contributed by atoms with Crippen LogP contribution in [0.4, 0.5) is 8.78 Å². The predicted molar refractivity (Wildman–Crippen MR) is 130 cm³/mol. The molecule has 4 heterocycles. The first-order chi connectivity index (χ1) is 17.6. The van der Waals surface area contributed by atoms with E-state index in [4.69, 9.17) is 4.52 Å². The number of aromatic nitrogens is 7. The molecule has 0 fully saturated rings. The Balaban J connectivity index is 1.42. The smallest absolute Gasteiger partial charge is 0.315 e. The lowest BCUT2D eigenvalue weighted by atomic mass is 9.96. The van der Waals surface area contributed by atoms with Crippen LogP contribution in [0.1, 0.15) is 54.8 Å². The molecule has 4 aromatic heterocycles. The van der Waals surface area contributed by atoms with Gasteiger partial charge in [-0.15, -0.1) is 0 Å². The number of carbonyl (C=O) groups excluding carboxylic acids is 1. The average molecular weight is 507 g/mol. The zero-order valence-electron chi connectivity index (χ0n) is 20.6. The largest absolute Gasteiger partial charge is 0.344 e. The highest BCUT2D eigenvalue weighted by molar-refractivity contribution is 5.89. The van der Waals surface area contributed by atoms with Gasteiger partial charge in [-0.3, -0.25) is 9.48 Å². The molecule has 0 saturated carbocycles. The van der Waals surface area contributed by atoms with Crippen molar-refractivity contribution in [2.45, 2.75) is 39.2 Å². The summed E-state index contributed by atoms with van der Waals surface area (Å²) in [5.41, 5.74) is 3.09. The first kappa shape index (κ1) is 24.2. The van der Waals surface area contributed by atoms with Gasteiger partial charge in [0.15, 0.2) is 5.82 Å². The van der Waals surface area contributed by atoms with Crippen LogP contribution in [0, 0.1) is 0 Å². The monoisotopic (exact) mass is 506 g/mol. The Kier molecular flexibility index (Phi) is 6.02. The first-order valence-corrected chi connectivity index (χ1v) is 11.5. The van der Waals surface area contributed by atoms with Gasteiger partial charge in [0.05, 0.1) is 17.4 Å². The second kappa shape index (κ2) is 9.19. The standard InChI is InChI=1S/C25H24F2N8O2/c1-25(2,3)24-32-23(37-33-24)22(36)28-9-15-6-5-14(7-18(15)21(26)27)20-19-8-16(12-35(19)31-13-29-20)17-10-30-34(4)11-17/h5-8,10-13,21H,9H2,1-4H3,(H,28,36). The van der Waals surface area contributed by atoms with Gasteiger partial charge >= 0.3 is 11.8 Å². The molecule has 0 aliphatic rings. The van der Waals surface area contributed by atoms with Gasteiger partial charge < -0.3 is 9.84 Å². The molecule has 5 aromatic rings. The number of carbonyl (C=O) groups is 1. The molecule has 10 nitrogen and oxygen atoms in total. The highest BCUT2D eigenvalue weighted by atomic mass is 19.3.